The van der Waals surface area contributed by atoms with Crippen molar-refractivity contribution in [2.24, 2.45) is 0 Å². The Kier molecular flexibility index (Phi) is 6.41. The van der Waals surface area contributed by atoms with Crippen molar-refractivity contribution in [1.29, 1.82) is 0 Å². The van der Waals surface area contributed by atoms with Crippen LogP contribution in [0.2, 0.25) is 5.02 Å². The summed E-state index contributed by atoms with van der Waals surface area (Å²) in [4.78, 5) is 17.0. The first-order valence-corrected chi connectivity index (χ1v) is 8.97. The van der Waals surface area contributed by atoms with Crippen LogP contribution >= 0.6 is 11.6 Å². The van der Waals surface area contributed by atoms with Crippen LogP contribution in [0.5, 0.6) is 0 Å². The highest BCUT2D eigenvalue weighted by Gasteiger charge is 2.24. The zero-order valence-corrected chi connectivity index (χ0v) is 15.4. The zero-order valence-electron chi connectivity index (χ0n) is 13.8. The van der Waals surface area contributed by atoms with E-state index in [4.69, 9.17) is 16.4 Å². The first kappa shape index (κ1) is 19.7. The van der Waals surface area contributed by atoms with Crippen LogP contribution in [0.1, 0.15) is 38.1 Å². The van der Waals surface area contributed by atoms with E-state index in [2.05, 4.69) is 16.3 Å². The smallest absolute Gasteiger partial charge is 0.266 e. The van der Waals surface area contributed by atoms with Gasteiger partial charge >= 0.3 is 0 Å². The summed E-state index contributed by atoms with van der Waals surface area (Å²) in [5, 5.41) is 0.169. The normalized spacial score (nSPS) is 12.1. The van der Waals surface area contributed by atoms with Gasteiger partial charge < -0.3 is 0 Å². The third kappa shape index (κ3) is 5.35. The summed E-state index contributed by atoms with van der Waals surface area (Å²) >= 11 is 6.07. The number of rotatable bonds is 6. The van der Waals surface area contributed by atoms with Gasteiger partial charge in [-0.3, -0.25) is 20.5 Å². The largest absolute Gasteiger partial charge is 0.287 e. The van der Waals surface area contributed by atoms with E-state index in [-0.39, 0.29) is 32.5 Å². The van der Waals surface area contributed by atoms with Crippen molar-refractivity contribution < 1.29 is 18.0 Å². The molecule has 23 heavy (non-hydrogen) atoms. The molecule has 0 heterocycles. The van der Waals surface area contributed by atoms with Gasteiger partial charge in [0.25, 0.3) is 5.91 Å². The van der Waals surface area contributed by atoms with Crippen LogP contribution in [-0.2, 0) is 14.7 Å². The number of hydrogen-bond donors (Lipinski definition) is 3. The number of hydrogen-bond acceptors (Lipinski definition) is 6. The van der Waals surface area contributed by atoms with Crippen molar-refractivity contribution >= 4 is 33.0 Å². The SMILES string of the molecule is CCS(=O)(=O)c1cc(NOC)c(Cl)cc1C(=O)NNC(C)(C)C. The number of anilines is 1. The van der Waals surface area contributed by atoms with Gasteiger partial charge in [0.1, 0.15) is 0 Å². The second-order valence-electron chi connectivity index (χ2n) is 5.87. The van der Waals surface area contributed by atoms with Gasteiger partial charge in [-0.2, -0.15) is 0 Å². The van der Waals surface area contributed by atoms with E-state index < -0.39 is 15.7 Å². The summed E-state index contributed by atoms with van der Waals surface area (Å²) in [5.74, 6) is -0.730. The minimum absolute atomic E-state index is 0.0322. The lowest BCUT2D eigenvalue weighted by Crippen LogP contribution is -2.49. The Morgan fingerprint density at radius 2 is 1.91 bits per heavy atom. The molecule has 0 unspecified atom stereocenters. The fourth-order valence-corrected chi connectivity index (χ4v) is 2.94. The van der Waals surface area contributed by atoms with E-state index in [1.54, 1.807) is 0 Å². The van der Waals surface area contributed by atoms with Gasteiger partial charge in [0.15, 0.2) is 9.84 Å². The molecule has 1 amide bonds. The summed E-state index contributed by atoms with van der Waals surface area (Å²) in [5.41, 5.74) is 7.64. The van der Waals surface area contributed by atoms with Crippen LogP contribution in [0.15, 0.2) is 17.0 Å². The van der Waals surface area contributed by atoms with Gasteiger partial charge in [-0.05, 0) is 32.9 Å². The van der Waals surface area contributed by atoms with E-state index in [1.807, 2.05) is 20.8 Å². The Labute approximate surface area is 141 Å². The lowest BCUT2D eigenvalue weighted by Gasteiger charge is -2.21. The van der Waals surface area contributed by atoms with E-state index >= 15 is 0 Å². The maximum atomic E-state index is 12.3. The monoisotopic (exact) mass is 363 g/mol. The lowest BCUT2D eigenvalue weighted by atomic mass is 10.1. The van der Waals surface area contributed by atoms with Crippen LogP contribution in [0.3, 0.4) is 0 Å². The molecule has 0 aliphatic rings. The highest BCUT2D eigenvalue weighted by molar-refractivity contribution is 7.91. The standard InChI is InChI=1S/C14H22ClN3O4S/c1-6-23(20,21)12-8-11(17-22-5)10(15)7-9(12)13(19)16-18-14(2,3)4/h7-8,17-18H,6H2,1-5H3,(H,16,19). The van der Waals surface area contributed by atoms with Crippen LogP contribution in [0.25, 0.3) is 0 Å². The Hall–Kier alpha value is -1.35. The van der Waals surface area contributed by atoms with Crippen LogP contribution < -0.4 is 16.3 Å². The van der Waals surface area contributed by atoms with Crippen molar-refractivity contribution in [3.8, 4) is 0 Å². The molecule has 1 rings (SSSR count). The number of benzene rings is 1. The van der Waals surface area contributed by atoms with Crippen molar-refractivity contribution in [2.75, 3.05) is 18.3 Å². The fourth-order valence-electron chi connectivity index (χ4n) is 1.64. The summed E-state index contributed by atoms with van der Waals surface area (Å²) in [6, 6.07) is 2.59. The highest BCUT2D eigenvalue weighted by atomic mass is 35.5. The van der Waals surface area contributed by atoms with Crippen molar-refractivity contribution in [3.63, 3.8) is 0 Å². The molecule has 1 aromatic rings. The number of hydrazine groups is 1. The van der Waals surface area contributed by atoms with E-state index in [9.17, 15) is 13.2 Å². The van der Waals surface area contributed by atoms with Gasteiger partial charge in [-0.25, -0.2) is 13.8 Å². The molecule has 1 aromatic carbocycles. The first-order valence-electron chi connectivity index (χ1n) is 6.94. The Balaban J connectivity index is 3.34. The molecule has 0 saturated carbocycles. The number of nitrogens with one attached hydrogen (secondary N) is 3. The second-order valence-corrected chi connectivity index (χ2v) is 8.52. The molecular weight excluding hydrogens is 342 g/mol. The van der Waals surface area contributed by atoms with Crippen LogP contribution in [0, 0.1) is 0 Å². The number of carbonyl (C=O) groups excluding carboxylic acids is 1. The predicted molar refractivity (Wildman–Crippen MR) is 90.2 cm³/mol. The lowest BCUT2D eigenvalue weighted by molar-refractivity contribution is 0.0911. The molecule has 0 aromatic heterocycles. The van der Waals surface area contributed by atoms with Crippen LogP contribution in [0.4, 0.5) is 5.69 Å². The minimum Gasteiger partial charge on any atom is -0.287 e. The van der Waals surface area contributed by atoms with Crippen molar-refractivity contribution in [2.45, 2.75) is 38.1 Å². The average molecular weight is 364 g/mol. The molecule has 130 valence electrons. The van der Waals surface area contributed by atoms with E-state index in [1.165, 1.54) is 26.2 Å². The Morgan fingerprint density at radius 1 is 1.30 bits per heavy atom. The number of amides is 1. The molecule has 0 spiro atoms. The summed E-state index contributed by atoms with van der Waals surface area (Å²) in [6.45, 7) is 7.07. The molecule has 0 aliphatic carbocycles. The summed E-state index contributed by atoms with van der Waals surface area (Å²) in [6.07, 6.45) is 0. The average Bonchev–Trinajstić information content (AvgIpc) is 2.45. The van der Waals surface area contributed by atoms with Gasteiger partial charge in [0.2, 0.25) is 0 Å². The maximum absolute atomic E-state index is 12.3. The van der Waals surface area contributed by atoms with Gasteiger partial charge in [-0.1, -0.05) is 18.5 Å². The molecule has 7 nitrogen and oxygen atoms in total. The molecular formula is C14H22ClN3O4S. The quantitative estimate of drug-likeness (QED) is 0.670. The van der Waals surface area contributed by atoms with Gasteiger partial charge in [0.05, 0.1) is 34.0 Å². The molecule has 0 saturated heterocycles. The Morgan fingerprint density at radius 3 is 2.39 bits per heavy atom. The Bertz CT molecular complexity index is 684. The maximum Gasteiger partial charge on any atom is 0.266 e. The minimum atomic E-state index is -3.63. The van der Waals surface area contributed by atoms with Gasteiger partial charge in [-0.15, -0.1) is 0 Å². The molecule has 0 atom stereocenters. The predicted octanol–water partition coefficient (Wildman–Crippen LogP) is 2.14. The molecule has 0 aliphatic heterocycles. The molecule has 0 bridgehead atoms. The third-order valence-electron chi connectivity index (χ3n) is 2.79. The molecule has 0 radical (unpaired) electrons. The highest BCUT2D eigenvalue weighted by Crippen LogP contribution is 2.29. The number of sulfone groups is 1. The van der Waals surface area contributed by atoms with Crippen molar-refractivity contribution in [1.82, 2.24) is 10.9 Å². The van der Waals surface area contributed by atoms with E-state index in [0.29, 0.717) is 0 Å². The molecule has 3 N–H and O–H groups in total. The summed E-state index contributed by atoms with van der Waals surface area (Å²) < 4.78 is 24.6. The van der Waals surface area contributed by atoms with Gasteiger partial charge in [0, 0.05) is 5.54 Å². The fraction of sp³-hybridized carbons (Fsp3) is 0.500. The number of halogens is 1. The molecule has 0 fully saturated rings. The van der Waals surface area contributed by atoms with Crippen LogP contribution in [-0.4, -0.2) is 32.7 Å². The number of carbonyl (C=O) groups is 1. The zero-order chi connectivity index (χ0) is 17.8. The second kappa shape index (κ2) is 7.48. The van der Waals surface area contributed by atoms with E-state index in [0.717, 1.165) is 0 Å². The van der Waals surface area contributed by atoms with Crippen molar-refractivity contribution in [3.05, 3.63) is 22.7 Å². The topological polar surface area (TPSA) is 96.5 Å². The third-order valence-corrected chi connectivity index (χ3v) is 4.87. The molecule has 9 heteroatoms. The summed E-state index contributed by atoms with van der Waals surface area (Å²) in [7, 11) is -2.25. The first-order chi connectivity index (χ1) is 10.5.